The van der Waals surface area contributed by atoms with E-state index in [-0.39, 0.29) is 31.9 Å². The van der Waals surface area contributed by atoms with Crippen LogP contribution in [0.2, 0.25) is 0 Å². The number of pyridine rings is 1. The van der Waals surface area contributed by atoms with Crippen molar-refractivity contribution >= 4 is 8.19 Å². The number of rotatable bonds is 0. The van der Waals surface area contributed by atoms with Crippen LogP contribution in [0.25, 0.3) is 22.1 Å². The molecule has 3 heteroatoms. The molecule has 4 aromatic rings. The van der Waals surface area contributed by atoms with Gasteiger partial charge in [-0.25, -0.2) is 0 Å². The zero-order valence-electron chi connectivity index (χ0n) is 18.2. The standard InChI is InChI=1S/C28H24NP.Pt/c1-27(2)21-11-6-10-20(18-21)24-14-8-16-26(30-24)28(3,4)22-12-5-9-19(17-22)23-13-7-15-25(27)29-23;/h5-16H,1-4H3;/q-2;+2/p+1. The average molecular weight is 602 g/mol. The van der Waals surface area contributed by atoms with Gasteiger partial charge in [-0.15, -0.1) is 70.8 Å². The van der Waals surface area contributed by atoms with Crippen molar-refractivity contribution < 1.29 is 21.1 Å². The van der Waals surface area contributed by atoms with E-state index in [4.69, 9.17) is 4.98 Å². The normalized spacial score (nSPS) is 15.6. The van der Waals surface area contributed by atoms with E-state index in [1.807, 2.05) is 0 Å². The molecule has 0 radical (unpaired) electrons. The summed E-state index contributed by atoms with van der Waals surface area (Å²) < 4.78 is 0. The van der Waals surface area contributed by atoms with Gasteiger partial charge in [-0.3, -0.25) is 0 Å². The maximum atomic E-state index is 5.08. The molecule has 1 nitrogen and oxygen atoms in total. The molecule has 2 aromatic heterocycles. The minimum atomic E-state index is -0.242. The van der Waals surface area contributed by atoms with Gasteiger partial charge in [0.1, 0.15) is 5.30 Å². The number of hydrogen-bond acceptors (Lipinski definition) is 1. The Balaban J connectivity index is 0.00000231. The van der Waals surface area contributed by atoms with Crippen LogP contribution in [0.3, 0.4) is 0 Å². The van der Waals surface area contributed by atoms with Crippen LogP contribution in [-0.4, -0.2) is 4.98 Å². The predicted octanol–water partition coefficient (Wildman–Crippen LogP) is 7.29. The first-order valence-electron chi connectivity index (χ1n) is 10.4. The molecular weight excluding hydrogens is 576 g/mol. The smallest absolute Gasteiger partial charge is 0.300 e. The molecule has 2 aromatic carbocycles. The number of nitrogens with zero attached hydrogens (tertiary/aromatic N) is 1. The maximum Gasteiger partial charge on any atom is 2.00 e. The van der Waals surface area contributed by atoms with Crippen molar-refractivity contribution in [1.82, 2.24) is 4.98 Å². The Morgan fingerprint density at radius 3 is 2.06 bits per heavy atom. The van der Waals surface area contributed by atoms with Gasteiger partial charge >= 0.3 is 21.1 Å². The molecule has 5 rings (SSSR count). The van der Waals surface area contributed by atoms with Crippen LogP contribution < -0.4 is 0 Å². The molecule has 0 aliphatic carbocycles. The van der Waals surface area contributed by atoms with Gasteiger partial charge in [-0.2, -0.15) is 0 Å². The molecule has 1 aliphatic heterocycles. The van der Waals surface area contributed by atoms with E-state index in [9.17, 15) is 0 Å². The van der Waals surface area contributed by atoms with Crippen LogP contribution in [0.1, 0.15) is 49.8 Å². The molecule has 3 heterocycles. The van der Waals surface area contributed by atoms with Crippen molar-refractivity contribution in [1.29, 1.82) is 0 Å². The second-order valence-electron chi connectivity index (χ2n) is 9.09. The molecule has 1 aliphatic rings. The van der Waals surface area contributed by atoms with E-state index in [0.717, 1.165) is 17.0 Å². The van der Waals surface area contributed by atoms with E-state index in [1.165, 1.54) is 27.3 Å². The third-order valence-corrected chi connectivity index (χ3v) is 8.13. The monoisotopic (exact) mass is 601 g/mol. The summed E-state index contributed by atoms with van der Waals surface area (Å²) in [6, 6.07) is 33.4. The second-order valence-corrected chi connectivity index (χ2v) is 10.4. The van der Waals surface area contributed by atoms with Crippen molar-refractivity contribution in [2.75, 3.05) is 0 Å². The fraction of sp³-hybridized carbons (Fsp3) is 0.214. The van der Waals surface area contributed by atoms with Crippen LogP contribution in [0.5, 0.6) is 0 Å². The quantitative estimate of drug-likeness (QED) is 0.193. The van der Waals surface area contributed by atoms with Crippen molar-refractivity contribution in [3.05, 3.63) is 107 Å². The fourth-order valence-corrected chi connectivity index (χ4v) is 5.56. The van der Waals surface area contributed by atoms with Crippen molar-refractivity contribution in [2.24, 2.45) is 0 Å². The molecule has 156 valence electrons. The van der Waals surface area contributed by atoms with Gasteiger partial charge in [0.25, 0.3) is 0 Å². The molecule has 8 bridgehead atoms. The Morgan fingerprint density at radius 1 is 0.677 bits per heavy atom. The zero-order chi connectivity index (χ0) is 20.9. The summed E-state index contributed by atoms with van der Waals surface area (Å²) in [7, 11) is 0.616. The molecular formula is C28H25NPPt+. The molecule has 0 amide bonds. The van der Waals surface area contributed by atoms with E-state index < -0.39 is 0 Å². The third kappa shape index (κ3) is 3.84. The van der Waals surface area contributed by atoms with E-state index in [0.29, 0.717) is 8.19 Å². The number of fused-ring (bicyclic) bond motifs is 10. The van der Waals surface area contributed by atoms with Gasteiger partial charge in [0.05, 0.1) is 13.5 Å². The van der Waals surface area contributed by atoms with Crippen molar-refractivity contribution in [2.45, 2.75) is 38.5 Å². The average Bonchev–Trinajstić information content (AvgIpc) is 2.79. The minimum Gasteiger partial charge on any atom is -0.300 e. The maximum absolute atomic E-state index is 5.08. The summed E-state index contributed by atoms with van der Waals surface area (Å²) in [6.07, 6.45) is 0. The summed E-state index contributed by atoms with van der Waals surface area (Å²) >= 11 is 0. The molecule has 31 heavy (non-hydrogen) atoms. The van der Waals surface area contributed by atoms with Gasteiger partial charge in [-0.05, 0) is 31.7 Å². The van der Waals surface area contributed by atoms with Crippen LogP contribution in [0.4, 0.5) is 0 Å². The molecule has 1 atom stereocenters. The topological polar surface area (TPSA) is 12.9 Å². The minimum absolute atomic E-state index is 0. The van der Waals surface area contributed by atoms with Crippen LogP contribution >= 0.6 is 8.19 Å². The Hall–Kier alpha value is -2.07. The zero-order valence-corrected chi connectivity index (χ0v) is 21.5. The molecule has 0 saturated carbocycles. The largest absolute Gasteiger partial charge is 2.00 e. The van der Waals surface area contributed by atoms with E-state index >= 15 is 0 Å². The third-order valence-electron chi connectivity index (χ3n) is 6.36. The van der Waals surface area contributed by atoms with Crippen LogP contribution in [0, 0.1) is 12.1 Å². The summed E-state index contributed by atoms with van der Waals surface area (Å²) in [5, 5.41) is 2.76. The fourth-order valence-electron chi connectivity index (χ4n) is 4.18. The van der Waals surface area contributed by atoms with Crippen LogP contribution in [0.15, 0.2) is 72.8 Å². The Bertz CT molecular complexity index is 1070. The van der Waals surface area contributed by atoms with E-state index in [2.05, 4.69) is 113 Å². The molecule has 0 N–H and O–H groups in total. The SMILES string of the molecule is CC1(C)c2[c-]c(ccc2)-c2cccc([pH+]2)C(C)(C)c2[c-]c(ccc2)-c2cccc1n2.[Pt+2]. The number of benzene rings is 2. The van der Waals surface area contributed by atoms with Crippen LogP contribution in [-0.2, 0) is 31.9 Å². The Kier molecular flexibility index (Phi) is 5.80. The molecule has 0 spiro atoms. The van der Waals surface area contributed by atoms with Gasteiger partial charge < -0.3 is 4.98 Å². The first kappa shape index (κ1) is 22.1. The summed E-state index contributed by atoms with van der Waals surface area (Å²) in [6.45, 7) is 9.08. The first-order valence-corrected chi connectivity index (χ1v) is 11.4. The van der Waals surface area contributed by atoms with Gasteiger partial charge in [0.2, 0.25) is 0 Å². The van der Waals surface area contributed by atoms with Gasteiger partial charge in [0.15, 0.2) is 0 Å². The molecule has 0 saturated heterocycles. The van der Waals surface area contributed by atoms with Crippen molar-refractivity contribution in [3.63, 3.8) is 0 Å². The number of hydrogen-bond donors (Lipinski definition) is 0. The van der Waals surface area contributed by atoms with E-state index in [1.54, 1.807) is 0 Å². The van der Waals surface area contributed by atoms with Gasteiger partial charge in [0, 0.05) is 16.5 Å². The molecule has 0 fully saturated rings. The summed E-state index contributed by atoms with van der Waals surface area (Å²) in [5.74, 6) is 0. The first-order chi connectivity index (χ1) is 14.4. The second kappa shape index (κ2) is 8.12. The Labute approximate surface area is 201 Å². The Morgan fingerprint density at radius 2 is 1.29 bits per heavy atom. The van der Waals surface area contributed by atoms with Gasteiger partial charge in [-0.1, -0.05) is 38.1 Å². The summed E-state index contributed by atoms with van der Waals surface area (Å²) in [4.78, 5) is 5.08. The predicted molar refractivity (Wildman–Crippen MR) is 127 cm³/mol. The number of aromatic nitrogens is 1. The summed E-state index contributed by atoms with van der Waals surface area (Å²) in [5.41, 5.74) is 6.27. The van der Waals surface area contributed by atoms with Crippen molar-refractivity contribution in [3.8, 4) is 22.1 Å². The molecule has 1 unspecified atom stereocenters.